The van der Waals surface area contributed by atoms with Crippen LogP contribution in [0.25, 0.3) is 10.6 Å². The predicted molar refractivity (Wildman–Crippen MR) is 75.7 cm³/mol. The summed E-state index contributed by atoms with van der Waals surface area (Å²) in [7, 11) is 0. The van der Waals surface area contributed by atoms with Gasteiger partial charge in [0.15, 0.2) is 0 Å². The summed E-state index contributed by atoms with van der Waals surface area (Å²) in [4.78, 5) is 5.65. The van der Waals surface area contributed by atoms with Gasteiger partial charge in [-0.25, -0.2) is 4.98 Å². The number of benzene rings is 1. The van der Waals surface area contributed by atoms with Crippen molar-refractivity contribution in [2.24, 2.45) is 0 Å². The predicted octanol–water partition coefficient (Wildman–Crippen LogP) is 4.23. The van der Waals surface area contributed by atoms with E-state index in [2.05, 4.69) is 42.2 Å². The molecule has 0 radical (unpaired) electrons. The fourth-order valence-electron chi connectivity index (χ4n) is 1.85. The van der Waals surface area contributed by atoms with Crippen molar-refractivity contribution in [1.82, 2.24) is 4.98 Å². The average Bonchev–Trinajstić information content (AvgIpc) is 2.73. The van der Waals surface area contributed by atoms with Gasteiger partial charge in [-0.15, -0.1) is 11.3 Å². The minimum Gasteiger partial charge on any atom is -0.241 e. The molecule has 92 valence electrons. The molecule has 0 aliphatic rings. The van der Waals surface area contributed by atoms with E-state index in [9.17, 15) is 5.26 Å². The lowest BCUT2D eigenvalue weighted by Crippen LogP contribution is -2.13. The zero-order chi connectivity index (χ0) is 13.3. The van der Waals surface area contributed by atoms with Crippen molar-refractivity contribution in [3.05, 3.63) is 40.4 Å². The molecule has 0 atom stereocenters. The van der Waals surface area contributed by atoms with Crippen LogP contribution in [0.1, 0.15) is 30.0 Å². The van der Waals surface area contributed by atoms with Crippen molar-refractivity contribution >= 4 is 11.3 Å². The molecule has 1 heterocycles. The summed E-state index contributed by atoms with van der Waals surface area (Å²) >= 11 is 1.62. The Morgan fingerprint density at radius 1 is 1.17 bits per heavy atom. The van der Waals surface area contributed by atoms with Crippen molar-refractivity contribution in [2.45, 2.75) is 33.1 Å². The Hall–Kier alpha value is -1.66. The standard InChI is InChI=1S/C15H16N2S/c1-10-5-7-12(8-6-10)14-17-11(2)13(18-14)15(3,4)9-16/h5-8H,1-4H3. The van der Waals surface area contributed by atoms with Gasteiger partial charge in [0.25, 0.3) is 0 Å². The van der Waals surface area contributed by atoms with Gasteiger partial charge in [0, 0.05) is 10.4 Å². The van der Waals surface area contributed by atoms with Crippen molar-refractivity contribution in [2.75, 3.05) is 0 Å². The summed E-state index contributed by atoms with van der Waals surface area (Å²) < 4.78 is 0. The van der Waals surface area contributed by atoms with Gasteiger partial charge >= 0.3 is 0 Å². The monoisotopic (exact) mass is 256 g/mol. The number of nitrogens with zero attached hydrogens (tertiary/aromatic N) is 2. The van der Waals surface area contributed by atoms with Crippen molar-refractivity contribution in [3.8, 4) is 16.6 Å². The van der Waals surface area contributed by atoms with E-state index in [1.54, 1.807) is 11.3 Å². The highest BCUT2D eigenvalue weighted by Gasteiger charge is 2.26. The Labute approximate surface area is 112 Å². The van der Waals surface area contributed by atoms with Gasteiger partial charge in [0.1, 0.15) is 5.01 Å². The van der Waals surface area contributed by atoms with Crippen LogP contribution < -0.4 is 0 Å². The normalized spacial score (nSPS) is 11.3. The van der Waals surface area contributed by atoms with E-state index < -0.39 is 5.41 Å². The minimum absolute atomic E-state index is 0.468. The molecule has 3 heteroatoms. The molecule has 0 bridgehead atoms. The third kappa shape index (κ3) is 2.30. The quantitative estimate of drug-likeness (QED) is 0.806. The highest BCUT2D eigenvalue weighted by Crippen LogP contribution is 2.35. The second kappa shape index (κ2) is 4.55. The molecule has 1 aromatic heterocycles. The van der Waals surface area contributed by atoms with E-state index in [0.29, 0.717) is 0 Å². The largest absolute Gasteiger partial charge is 0.241 e. The summed E-state index contributed by atoms with van der Waals surface area (Å²) in [6.07, 6.45) is 0. The smallest absolute Gasteiger partial charge is 0.123 e. The van der Waals surface area contributed by atoms with Crippen LogP contribution in [0, 0.1) is 25.2 Å². The molecular weight excluding hydrogens is 240 g/mol. The summed E-state index contributed by atoms with van der Waals surface area (Å²) in [5.41, 5.74) is 2.85. The molecule has 0 aliphatic heterocycles. The Balaban J connectivity index is 2.47. The van der Waals surface area contributed by atoms with E-state index in [0.717, 1.165) is 21.1 Å². The second-order valence-corrected chi connectivity index (χ2v) is 6.04. The lowest BCUT2D eigenvalue weighted by Gasteiger charge is -2.12. The average molecular weight is 256 g/mol. The highest BCUT2D eigenvalue weighted by molar-refractivity contribution is 7.15. The zero-order valence-corrected chi connectivity index (χ0v) is 11.9. The Bertz CT molecular complexity index is 600. The molecule has 1 aromatic carbocycles. The Morgan fingerprint density at radius 2 is 1.78 bits per heavy atom. The first kappa shape index (κ1) is 12.8. The molecule has 2 aromatic rings. The van der Waals surface area contributed by atoms with E-state index in [1.165, 1.54) is 5.56 Å². The molecule has 0 N–H and O–H groups in total. The van der Waals surface area contributed by atoms with E-state index >= 15 is 0 Å². The fourth-order valence-corrected chi connectivity index (χ4v) is 2.97. The van der Waals surface area contributed by atoms with Gasteiger partial charge in [0.2, 0.25) is 0 Å². The highest BCUT2D eigenvalue weighted by atomic mass is 32.1. The summed E-state index contributed by atoms with van der Waals surface area (Å²) in [6, 6.07) is 10.7. The third-order valence-corrected chi connectivity index (χ3v) is 4.47. The zero-order valence-electron chi connectivity index (χ0n) is 11.1. The number of aromatic nitrogens is 1. The second-order valence-electron chi connectivity index (χ2n) is 5.04. The van der Waals surface area contributed by atoms with Crippen LogP contribution in [0.4, 0.5) is 0 Å². The number of aryl methyl sites for hydroxylation is 2. The first-order valence-corrected chi connectivity index (χ1v) is 6.72. The van der Waals surface area contributed by atoms with Crippen molar-refractivity contribution in [3.63, 3.8) is 0 Å². The molecule has 18 heavy (non-hydrogen) atoms. The van der Waals surface area contributed by atoms with Crippen LogP contribution in [0.3, 0.4) is 0 Å². The Morgan fingerprint density at radius 3 is 2.33 bits per heavy atom. The van der Waals surface area contributed by atoms with Crippen LogP contribution in [-0.4, -0.2) is 4.98 Å². The van der Waals surface area contributed by atoms with Gasteiger partial charge in [-0.05, 0) is 27.7 Å². The first-order chi connectivity index (χ1) is 8.44. The maximum Gasteiger partial charge on any atom is 0.123 e. The topological polar surface area (TPSA) is 36.7 Å². The molecule has 0 unspecified atom stereocenters. The molecule has 0 saturated heterocycles. The molecular formula is C15H16N2S. The van der Waals surface area contributed by atoms with Gasteiger partial charge in [-0.2, -0.15) is 5.26 Å². The van der Waals surface area contributed by atoms with Crippen LogP contribution >= 0.6 is 11.3 Å². The van der Waals surface area contributed by atoms with Crippen molar-refractivity contribution in [1.29, 1.82) is 5.26 Å². The van der Waals surface area contributed by atoms with Gasteiger partial charge < -0.3 is 0 Å². The summed E-state index contributed by atoms with van der Waals surface area (Å²) in [5.74, 6) is 0. The fraction of sp³-hybridized carbons (Fsp3) is 0.333. The molecule has 0 saturated carbocycles. The van der Waals surface area contributed by atoms with Gasteiger partial charge in [0.05, 0.1) is 17.2 Å². The van der Waals surface area contributed by atoms with Crippen LogP contribution in [0.2, 0.25) is 0 Å². The maximum absolute atomic E-state index is 9.22. The molecule has 2 rings (SSSR count). The molecule has 0 fully saturated rings. The number of rotatable bonds is 2. The van der Waals surface area contributed by atoms with E-state index in [1.807, 2.05) is 20.8 Å². The first-order valence-electron chi connectivity index (χ1n) is 5.90. The molecule has 2 nitrogen and oxygen atoms in total. The van der Waals surface area contributed by atoms with E-state index in [-0.39, 0.29) is 0 Å². The molecule has 0 spiro atoms. The minimum atomic E-state index is -0.468. The summed E-state index contributed by atoms with van der Waals surface area (Å²) in [5, 5.41) is 10.2. The molecule has 0 aliphatic carbocycles. The van der Waals surface area contributed by atoms with E-state index in [4.69, 9.17) is 0 Å². The lowest BCUT2D eigenvalue weighted by molar-refractivity contribution is 0.695. The Kier molecular flexibility index (Phi) is 3.23. The van der Waals surface area contributed by atoms with Crippen molar-refractivity contribution < 1.29 is 0 Å². The number of hydrogen-bond donors (Lipinski definition) is 0. The van der Waals surface area contributed by atoms with Crippen LogP contribution in [0.5, 0.6) is 0 Å². The van der Waals surface area contributed by atoms with Crippen LogP contribution in [-0.2, 0) is 5.41 Å². The number of thiazole rings is 1. The summed E-state index contributed by atoms with van der Waals surface area (Å²) in [6.45, 7) is 7.92. The van der Waals surface area contributed by atoms with Crippen LogP contribution in [0.15, 0.2) is 24.3 Å². The lowest BCUT2D eigenvalue weighted by atomic mass is 9.93. The SMILES string of the molecule is Cc1ccc(-c2nc(C)c(C(C)(C)C#N)s2)cc1. The number of hydrogen-bond acceptors (Lipinski definition) is 3. The molecule has 0 amide bonds. The maximum atomic E-state index is 9.22. The van der Waals surface area contributed by atoms with Gasteiger partial charge in [-0.1, -0.05) is 29.8 Å². The van der Waals surface area contributed by atoms with Gasteiger partial charge in [-0.3, -0.25) is 0 Å². The number of nitriles is 1. The third-order valence-electron chi connectivity index (χ3n) is 2.94.